The van der Waals surface area contributed by atoms with Crippen molar-refractivity contribution in [2.45, 2.75) is 110 Å². The Balaban J connectivity index is 1.54. The monoisotopic (exact) mass is 511 g/mol. The summed E-state index contributed by atoms with van der Waals surface area (Å²) >= 11 is 0. The minimum atomic E-state index is -1.68. The van der Waals surface area contributed by atoms with Crippen LogP contribution in [0.4, 0.5) is 0 Å². The first-order valence-electron chi connectivity index (χ1n) is 13.8. The summed E-state index contributed by atoms with van der Waals surface area (Å²) < 4.78 is 23.1. The van der Waals surface area contributed by atoms with Gasteiger partial charge < -0.3 is 18.0 Å². The van der Waals surface area contributed by atoms with Crippen LogP contribution in [0.3, 0.4) is 0 Å². The lowest BCUT2D eigenvalue weighted by Gasteiger charge is -2.65. The molecule has 7 heteroatoms. The highest BCUT2D eigenvalue weighted by Gasteiger charge is 2.69. The molecule has 2 aromatic rings. The van der Waals surface area contributed by atoms with Crippen molar-refractivity contribution in [2.24, 2.45) is 17.3 Å². The van der Waals surface area contributed by atoms with Crippen molar-refractivity contribution in [2.75, 3.05) is 0 Å². The number of rotatable bonds is 7. The Kier molecular flexibility index (Phi) is 6.13. The second-order valence-electron chi connectivity index (χ2n) is 14.1. The van der Waals surface area contributed by atoms with E-state index >= 15 is 0 Å². The van der Waals surface area contributed by atoms with Gasteiger partial charge in [0, 0.05) is 11.3 Å². The molecule has 2 bridgehead atoms. The van der Waals surface area contributed by atoms with E-state index in [1.165, 1.54) is 29.4 Å². The van der Waals surface area contributed by atoms with E-state index in [1.807, 2.05) is 6.26 Å². The molecule has 192 valence electrons. The molecule has 0 N–H and O–H groups in total. The molecule has 1 aromatic heterocycles. The van der Waals surface area contributed by atoms with Crippen LogP contribution in [0.1, 0.15) is 51.2 Å². The van der Waals surface area contributed by atoms with Crippen molar-refractivity contribution in [3.63, 3.8) is 0 Å². The van der Waals surface area contributed by atoms with Crippen LogP contribution in [-0.4, -0.2) is 45.5 Å². The van der Waals surface area contributed by atoms with Crippen LogP contribution in [0.2, 0.25) is 39.3 Å². The molecule has 4 nitrogen and oxygen atoms in total. The number of benzene rings is 1. The largest absolute Gasteiger partial charge is 0.475 e. The fourth-order valence-electron chi connectivity index (χ4n) is 8.36. The molecule has 1 unspecified atom stereocenters. The van der Waals surface area contributed by atoms with Gasteiger partial charge in [0.1, 0.15) is 22.1 Å². The normalized spacial score (nSPS) is 33.8. The molecular weight excluding hydrogens is 465 g/mol. The lowest BCUT2D eigenvalue weighted by atomic mass is 9.42. The summed E-state index contributed by atoms with van der Waals surface area (Å²) in [6.45, 7) is 24.3. The zero-order chi connectivity index (χ0) is 25.6. The molecule has 4 aliphatic rings. The summed E-state index contributed by atoms with van der Waals surface area (Å²) in [5, 5.41) is 1.24. The highest BCUT2D eigenvalue weighted by molar-refractivity contribution is 6.90. The van der Waals surface area contributed by atoms with E-state index in [0.29, 0.717) is 11.3 Å². The first kappa shape index (κ1) is 25.8. The Hall–Kier alpha value is -0.861. The first-order chi connectivity index (χ1) is 16.2. The predicted molar refractivity (Wildman–Crippen MR) is 152 cm³/mol. The molecule has 3 aliphatic carbocycles. The Bertz CT molecular complexity index is 1090. The minimum absolute atomic E-state index is 0.179. The van der Waals surface area contributed by atoms with Gasteiger partial charge in [-0.05, 0) is 61.5 Å². The average molecular weight is 512 g/mol. The zero-order valence-corrected chi connectivity index (χ0v) is 25.7. The molecule has 4 fully saturated rings. The van der Waals surface area contributed by atoms with Gasteiger partial charge in [-0.25, -0.2) is 0 Å². The fourth-order valence-corrected chi connectivity index (χ4v) is 18.8. The number of aryl methyl sites for hydroxylation is 1. The number of para-hydroxylation sites is 1. The first-order valence-corrected chi connectivity index (χ1v) is 20.7. The van der Waals surface area contributed by atoms with Gasteiger partial charge in [0.15, 0.2) is 0 Å². The smallest absolute Gasteiger partial charge is 0.464 e. The van der Waals surface area contributed by atoms with Gasteiger partial charge in [-0.3, -0.25) is 0 Å². The summed E-state index contributed by atoms with van der Waals surface area (Å²) in [6, 6.07) is 6.50. The van der Waals surface area contributed by atoms with E-state index in [0.717, 1.165) is 24.3 Å². The third-order valence-corrected chi connectivity index (χ3v) is 17.5. The number of nitrogens with zero attached hydrogens (tertiary/aromatic N) is 1. The summed E-state index contributed by atoms with van der Waals surface area (Å²) in [6.07, 6.45) is 6.79. The summed E-state index contributed by atoms with van der Waals surface area (Å²) in [7, 11) is -3.55. The highest BCUT2D eigenvalue weighted by Crippen LogP contribution is 2.67. The van der Waals surface area contributed by atoms with Gasteiger partial charge in [0.2, 0.25) is 0 Å². The molecule has 0 amide bonds. The third kappa shape index (κ3) is 3.95. The van der Waals surface area contributed by atoms with Gasteiger partial charge in [0.05, 0.1) is 18.0 Å². The molecular formula is C28H46BNO3Si2. The maximum atomic E-state index is 7.17. The number of hydrogen-bond acceptors (Lipinski definition) is 4. The molecule has 1 aromatic carbocycles. The second kappa shape index (κ2) is 8.32. The molecule has 6 atom stereocenters. The van der Waals surface area contributed by atoms with Crippen molar-refractivity contribution in [1.82, 2.24) is 4.23 Å². The lowest BCUT2D eigenvalue weighted by molar-refractivity contribution is -0.208. The van der Waals surface area contributed by atoms with E-state index in [1.54, 1.807) is 0 Å². The second-order valence-corrected chi connectivity index (χ2v) is 24.2. The van der Waals surface area contributed by atoms with E-state index in [4.69, 9.17) is 13.7 Å². The Morgan fingerprint density at radius 3 is 2.40 bits per heavy atom. The quantitative estimate of drug-likeness (QED) is 0.366. The third-order valence-electron chi connectivity index (χ3n) is 9.91. The van der Waals surface area contributed by atoms with Crippen LogP contribution in [-0.2, 0) is 15.7 Å². The van der Waals surface area contributed by atoms with Gasteiger partial charge in [-0.2, -0.15) is 0 Å². The molecule has 2 heterocycles. The summed E-state index contributed by atoms with van der Waals surface area (Å²) in [5.41, 5.74) is 3.71. The fraction of sp³-hybridized carbons (Fsp3) is 0.714. The Labute approximate surface area is 215 Å². The van der Waals surface area contributed by atoms with Crippen LogP contribution < -0.4 is 0 Å². The molecule has 1 aliphatic heterocycles. The number of fused-ring (bicyclic) bond motifs is 1. The van der Waals surface area contributed by atoms with E-state index < -0.39 is 16.5 Å². The van der Waals surface area contributed by atoms with Crippen LogP contribution in [0.15, 0.2) is 28.9 Å². The van der Waals surface area contributed by atoms with Crippen molar-refractivity contribution < 1.29 is 13.7 Å². The van der Waals surface area contributed by atoms with Gasteiger partial charge in [-0.1, -0.05) is 77.7 Å². The number of furan rings is 1. The topological polar surface area (TPSA) is 34.8 Å². The maximum absolute atomic E-state index is 7.17. The molecule has 6 rings (SSSR count). The van der Waals surface area contributed by atoms with Crippen LogP contribution in [0.5, 0.6) is 0 Å². The molecule has 3 saturated carbocycles. The molecule has 1 saturated heterocycles. The van der Waals surface area contributed by atoms with Crippen molar-refractivity contribution in [1.29, 1.82) is 0 Å². The molecule has 0 spiro atoms. The average Bonchev–Trinajstić information content (AvgIpc) is 3.31. The zero-order valence-electron chi connectivity index (χ0n) is 23.7. The van der Waals surface area contributed by atoms with Crippen molar-refractivity contribution >= 4 is 34.6 Å². The van der Waals surface area contributed by atoms with Crippen LogP contribution in [0.25, 0.3) is 11.0 Å². The van der Waals surface area contributed by atoms with Crippen LogP contribution >= 0.6 is 0 Å². The Morgan fingerprint density at radius 2 is 1.77 bits per heavy atom. The lowest BCUT2D eigenvalue weighted by Crippen LogP contribution is -2.68. The minimum Gasteiger partial charge on any atom is -0.464 e. The molecule has 0 radical (unpaired) electrons. The van der Waals surface area contributed by atoms with E-state index in [-0.39, 0.29) is 24.8 Å². The maximum Gasteiger partial charge on any atom is 0.475 e. The van der Waals surface area contributed by atoms with Gasteiger partial charge in [-0.15, -0.1) is 0 Å². The van der Waals surface area contributed by atoms with Crippen molar-refractivity contribution in [3.05, 3.63) is 35.6 Å². The SMILES string of the molecule is CCC1(C)[C@@H]2C[C@H]3OB([C@H](Cc4coc5c(C)cccc45)N([Si](C)(C)C)[Si](C)(C)C)O[C@@]3(C)[C@H]1C2. The Morgan fingerprint density at radius 1 is 1.09 bits per heavy atom. The van der Waals surface area contributed by atoms with E-state index in [9.17, 15) is 0 Å². The predicted octanol–water partition coefficient (Wildman–Crippen LogP) is 7.28. The highest BCUT2D eigenvalue weighted by atomic mass is 28.4. The standard InChI is InChI=1S/C28H46BNO3Si2/c1-11-27(3)21-16-23(27)28(4)24(17-21)32-29(33-28)25(30(34(5,6)7)35(8,9)10)15-20-18-31-26-19(2)13-12-14-22(20)26/h12-14,18,21,23-25H,11,15-17H2,1-10H3/t21-,23-,24+,25-,27?,28-/m0/s1. The number of hydrogen-bond donors (Lipinski definition) is 0. The summed E-state index contributed by atoms with van der Waals surface area (Å²) in [5.74, 6) is 1.57. The molecule has 35 heavy (non-hydrogen) atoms. The van der Waals surface area contributed by atoms with Gasteiger partial charge >= 0.3 is 7.12 Å². The van der Waals surface area contributed by atoms with Gasteiger partial charge in [0.25, 0.3) is 0 Å². The van der Waals surface area contributed by atoms with E-state index in [2.05, 4.69) is 89.4 Å². The van der Waals surface area contributed by atoms with Crippen molar-refractivity contribution in [3.8, 4) is 0 Å². The van der Waals surface area contributed by atoms with Crippen LogP contribution in [0, 0.1) is 24.2 Å². The summed E-state index contributed by atoms with van der Waals surface area (Å²) in [4.78, 5) is 0.